The van der Waals surface area contributed by atoms with Gasteiger partial charge in [-0.15, -0.1) is 22.7 Å². The molecule has 4 aromatic rings. The number of thiophene rings is 2. The van der Waals surface area contributed by atoms with Gasteiger partial charge in [-0.1, -0.05) is 42.5 Å². The number of alkyl halides is 6. The van der Waals surface area contributed by atoms with E-state index >= 15 is 26.3 Å². The van der Waals surface area contributed by atoms with Crippen LogP contribution in [0.25, 0.3) is 32.7 Å². The monoisotopic (exact) mass is 715 g/mol. The standard InChI is InChI=1S/C37H23F6N5S2/c1-20-27(14-29(49-20)22-10-12-26(13-11-22)48(3)4)33-34(36(40,41)37(42,43)35(33,38)39)28-15-30(50-21(28)2)32(25(18-46)19-47)31(24(16-44)17-45)23-8-6-5-7-9-23/h5-15H,1-4H3. The zero-order valence-corrected chi connectivity index (χ0v) is 28.3. The average molecular weight is 716 g/mol. The van der Waals surface area contributed by atoms with E-state index in [2.05, 4.69) is 0 Å². The lowest BCUT2D eigenvalue weighted by molar-refractivity contribution is -0.254. The Morgan fingerprint density at radius 1 is 0.640 bits per heavy atom. The van der Waals surface area contributed by atoms with E-state index in [1.807, 2.05) is 19.0 Å². The smallest absolute Gasteiger partial charge is 0.378 e. The molecule has 250 valence electrons. The number of aryl methyl sites for hydroxylation is 2. The predicted octanol–water partition coefficient (Wildman–Crippen LogP) is 10.3. The molecule has 0 bridgehead atoms. The van der Waals surface area contributed by atoms with Crippen LogP contribution >= 0.6 is 22.7 Å². The Morgan fingerprint density at radius 3 is 1.62 bits per heavy atom. The Bertz CT molecular complexity index is 2250. The number of nitriles is 4. The predicted molar refractivity (Wildman–Crippen MR) is 182 cm³/mol. The van der Waals surface area contributed by atoms with Crippen LogP contribution in [0.4, 0.5) is 32.0 Å². The highest BCUT2D eigenvalue weighted by Gasteiger charge is 2.80. The van der Waals surface area contributed by atoms with Crippen molar-refractivity contribution in [3.63, 3.8) is 0 Å². The molecule has 1 aliphatic rings. The van der Waals surface area contributed by atoms with Gasteiger partial charge >= 0.3 is 17.8 Å². The number of benzene rings is 2. The molecular formula is C37H23F6N5S2. The molecule has 0 amide bonds. The SMILES string of the molecule is Cc1sc(C(=C(C#N)C#N)C(=C(C#N)C#N)c2ccccc2)cc1C1=C(c2cc(-c3ccc(N(C)C)cc3)sc2C)C(F)(F)C(F)(F)C1(F)F. The lowest BCUT2D eigenvalue weighted by Crippen LogP contribution is -2.48. The van der Waals surface area contributed by atoms with Crippen LogP contribution in [0.5, 0.6) is 0 Å². The summed E-state index contributed by atoms with van der Waals surface area (Å²) in [6.45, 7) is 2.64. The fourth-order valence-electron chi connectivity index (χ4n) is 5.75. The Kier molecular flexibility index (Phi) is 9.30. The van der Waals surface area contributed by atoms with Gasteiger partial charge in [0.25, 0.3) is 0 Å². The van der Waals surface area contributed by atoms with Gasteiger partial charge in [0.1, 0.15) is 35.4 Å². The molecule has 2 aromatic heterocycles. The van der Waals surface area contributed by atoms with Crippen LogP contribution in [0.15, 0.2) is 77.9 Å². The second kappa shape index (κ2) is 13.0. The van der Waals surface area contributed by atoms with Gasteiger partial charge in [-0.3, -0.25) is 0 Å². The quantitative estimate of drug-likeness (QED) is 0.108. The molecule has 0 radical (unpaired) electrons. The third-order valence-corrected chi connectivity index (χ3v) is 10.4. The van der Waals surface area contributed by atoms with E-state index in [1.165, 1.54) is 32.0 Å². The van der Waals surface area contributed by atoms with E-state index in [0.29, 0.717) is 21.8 Å². The van der Waals surface area contributed by atoms with Crippen LogP contribution in [-0.4, -0.2) is 31.9 Å². The van der Waals surface area contributed by atoms with Gasteiger partial charge in [-0.25, -0.2) is 0 Å². The van der Waals surface area contributed by atoms with E-state index in [9.17, 15) is 21.0 Å². The lowest BCUT2D eigenvalue weighted by Gasteiger charge is -2.25. The molecule has 0 fully saturated rings. The molecule has 1 aliphatic carbocycles. The fourth-order valence-corrected chi connectivity index (χ4v) is 7.86. The molecule has 0 N–H and O–H groups in total. The van der Waals surface area contributed by atoms with Crippen molar-refractivity contribution in [2.24, 2.45) is 0 Å². The third kappa shape index (κ3) is 5.55. The first kappa shape index (κ1) is 35.7. The molecule has 2 heterocycles. The number of rotatable bonds is 7. The van der Waals surface area contributed by atoms with E-state index in [4.69, 9.17) is 0 Å². The van der Waals surface area contributed by atoms with Crippen molar-refractivity contribution in [3.05, 3.63) is 109 Å². The molecule has 5 nitrogen and oxygen atoms in total. The number of hydrogen-bond acceptors (Lipinski definition) is 7. The highest BCUT2D eigenvalue weighted by molar-refractivity contribution is 7.15. The number of halogens is 6. The molecule has 0 saturated heterocycles. The molecule has 2 aromatic carbocycles. The molecule has 0 atom stereocenters. The lowest BCUT2D eigenvalue weighted by atomic mass is 9.88. The van der Waals surface area contributed by atoms with Gasteiger partial charge in [-0.05, 0) is 60.4 Å². The van der Waals surface area contributed by atoms with Gasteiger partial charge in [-0.2, -0.15) is 47.4 Å². The van der Waals surface area contributed by atoms with Crippen LogP contribution in [0.1, 0.15) is 31.3 Å². The topological polar surface area (TPSA) is 98.4 Å². The number of nitrogens with zero attached hydrogens (tertiary/aromatic N) is 5. The van der Waals surface area contributed by atoms with Crippen LogP contribution in [0.3, 0.4) is 0 Å². The number of anilines is 1. The van der Waals surface area contributed by atoms with E-state index in [0.717, 1.165) is 23.1 Å². The molecule has 0 spiro atoms. The summed E-state index contributed by atoms with van der Waals surface area (Å²) in [4.78, 5) is 2.07. The third-order valence-electron chi connectivity index (χ3n) is 8.22. The highest BCUT2D eigenvalue weighted by atomic mass is 32.1. The van der Waals surface area contributed by atoms with Gasteiger partial charge in [0.05, 0.1) is 0 Å². The van der Waals surface area contributed by atoms with Crippen LogP contribution < -0.4 is 4.90 Å². The summed E-state index contributed by atoms with van der Waals surface area (Å²) >= 11 is 1.65. The second-order valence-electron chi connectivity index (χ2n) is 11.4. The molecule has 0 saturated carbocycles. The van der Waals surface area contributed by atoms with Crippen molar-refractivity contribution in [1.29, 1.82) is 21.0 Å². The van der Waals surface area contributed by atoms with Crippen molar-refractivity contribution < 1.29 is 26.3 Å². The molecule has 50 heavy (non-hydrogen) atoms. The molecular weight excluding hydrogens is 693 g/mol. The van der Waals surface area contributed by atoms with Crippen molar-refractivity contribution in [2.75, 3.05) is 19.0 Å². The first-order valence-corrected chi connectivity index (χ1v) is 16.2. The first-order valence-electron chi connectivity index (χ1n) is 14.6. The van der Waals surface area contributed by atoms with Crippen molar-refractivity contribution in [3.8, 4) is 34.7 Å². The Labute approximate surface area is 291 Å². The minimum absolute atomic E-state index is 0.101. The van der Waals surface area contributed by atoms with Gasteiger partial charge in [0.15, 0.2) is 0 Å². The Balaban J connectivity index is 1.82. The van der Waals surface area contributed by atoms with Crippen molar-refractivity contribution in [2.45, 2.75) is 31.6 Å². The summed E-state index contributed by atoms with van der Waals surface area (Å²) in [6.07, 6.45) is 0. The maximum Gasteiger partial charge on any atom is 0.380 e. The van der Waals surface area contributed by atoms with Gasteiger partial charge < -0.3 is 4.90 Å². The summed E-state index contributed by atoms with van der Waals surface area (Å²) < 4.78 is 94.2. The minimum Gasteiger partial charge on any atom is -0.378 e. The van der Waals surface area contributed by atoms with Crippen LogP contribution in [-0.2, 0) is 0 Å². The summed E-state index contributed by atoms with van der Waals surface area (Å²) in [7, 11) is 3.64. The Morgan fingerprint density at radius 2 is 1.12 bits per heavy atom. The molecule has 0 unspecified atom stereocenters. The normalized spacial score (nSPS) is 15.3. The van der Waals surface area contributed by atoms with E-state index in [-0.39, 0.29) is 31.3 Å². The first-order chi connectivity index (χ1) is 23.6. The minimum atomic E-state index is -5.83. The van der Waals surface area contributed by atoms with E-state index < -0.39 is 51.2 Å². The largest absolute Gasteiger partial charge is 0.380 e. The fraction of sp³-hybridized carbons (Fsp3) is 0.189. The molecule has 0 aliphatic heterocycles. The Hall–Kier alpha value is -5.60. The number of allylic oxidation sites excluding steroid dienone is 6. The molecule has 5 rings (SSSR count). The highest BCUT2D eigenvalue weighted by Crippen LogP contribution is 2.66. The van der Waals surface area contributed by atoms with Crippen molar-refractivity contribution in [1.82, 2.24) is 0 Å². The summed E-state index contributed by atoms with van der Waals surface area (Å²) in [5.41, 5.74) is -4.31. The van der Waals surface area contributed by atoms with Crippen LogP contribution in [0, 0.1) is 59.2 Å². The van der Waals surface area contributed by atoms with Crippen molar-refractivity contribution >= 4 is 50.7 Å². The average Bonchev–Trinajstić information content (AvgIpc) is 3.68. The number of hydrogen-bond donors (Lipinski definition) is 0. The zero-order valence-electron chi connectivity index (χ0n) is 26.7. The maximum absolute atomic E-state index is 15.9. The molecule has 13 heteroatoms. The zero-order chi connectivity index (χ0) is 36.8. The van der Waals surface area contributed by atoms with Gasteiger partial charge in [0, 0.05) is 61.6 Å². The summed E-state index contributed by atoms with van der Waals surface area (Å²) in [6, 6.07) is 23.6. The summed E-state index contributed by atoms with van der Waals surface area (Å²) in [5, 5.41) is 39.4. The second-order valence-corrected chi connectivity index (χ2v) is 13.9. The van der Waals surface area contributed by atoms with Gasteiger partial charge in [0.2, 0.25) is 0 Å². The van der Waals surface area contributed by atoms with E-state index in [1.54, 1.807) is 66.7 Å². The van der Waals surface area contributed by atoms with Crippen LogP contribution in [0.2, 0.25) is 0 Å². The maximum atomic E-state index is 15.9. The summed E-state index contributed by atoms with van der Waals surface area (Å²) in [5.74, 6) is -16.5.